The van der Waals surface area contributed by atoms with Gasteiger partial charge in [-0.25, -0.2) is 4.98 Å². The summed E-state index contributed by atoms with van der Waals surface area (Å²) in [6.45, 7) is 0. The van der Waals surface area contributed by atoms with Crippen molar-refractivity contribution in [1.82, 2.24) is 9.97 Å². The van der Waals surface area contributed by atoms with Crippen LogP contribution in [0, 0.1) is 10.1 Å². The van der Waals surface area contributed by atoms with E-state index in [0.29, 0.717) is 5.25 Å². The van der Waals surface area contributed by atoms with E-state index in [-0.39, 0.29) is 23.4 Å². The zero-order valence-corrected chi connectivity index (χ0v) is 11.6. The standard InChI is InChI=1S/C11H16N4O3S/c1-18-11-9(15(16)17)10(12-6-13-11)14-7-4-3-5-8(7)19-2/h6-8H,3-5H2,1-2H3,(H,12,13,14). The molecule has 1 aromatic rings. The smallest absolute Gasteiger partial charge is 0.372 e. The molecule has 1 aromatic heterocycles. The number of ether oxygens (including phenoxy) is 1. The van der Waals surface area contributed by atoms with Crippen molar-refractivity contribution in [3.63, 3.8) is 0 Å². The van der Waals surface area contributed by atoms with Crippen LogP contribution in [0.1, 0.15) is 19.3 Å². The first-order valence-electron chi connectivity index (χ1n) is 6.00. The highest BCUT2D eigenvalue weighted by Gasteiger charge is 2.31. The Morgan fingerprint density at radius 1 is 1.53 bits per heavy atom. The molecule has 1 aliphatic carbocycles. The summed E-state index contributed by atoms with van der Waals surface area (Å²) in [5.41, 5.74) is -0.197. The SMILES string of the molecule is COc1ncnc(NC2CCCC2SC)c1[N+](=O)[O-]. The molecule has 2 rings (SSSR count). The van der Waals surface area contributed by atoms with Crippen molar-refractivity contribution < 1.29 is 9.66 Å². The van der Waals surface area contributed by atoms with E-state index in [2.05, 4.69) is 21.5 Å². The minimum Gasteiger partial charge on any atom is -0.476 e. The molecule has 1 aliphatic rings. The van der Waals surface area contributed by atoms with Crippen LogP contribution in [-0.2, 0) is 0 Å². The van der Waals surface area contributed by atoms with Gasteiger partial charge in [-0.2, -0.15) is 16.7 Å². The van der Waals surface area contributed by atoms with Crippen LogP contribution in [0.3, 0.4) is 0 Å². The number of nitrogens with one attached hydrogen (secondary N) is 1. The maximum Gasteiger partial charge on any atom is 0.372 e. The molecule has 0 aliphatic heterocycles. The highest BCUT2D eigenvalue weighted by atomic mass is 32.2. The third-order valence-electron chi connectivity index (χ3n) is 3.24. The van der Waals surface area contributed by atoms with Crippen LogP contribution >= 0.6 is 11.8 Å². The second kappa shape index (κ2) is 6.05. The summed E-state index contributed by atoms with van der Waals surface area (Å²) in [5.74, 6) is 0.226. The second-order valence-electron chi connectivity index (χ2n) is 4.29. The summed E-state index contributed by atoms with van der Waals surface area (Å²) in [4.78, 5) is 18.4. The minimum absolute atomic E-state index is 0.0128. The Balaban J connectivity index is 2.27. The van der Waals surface area contributed by atoms with E-state index in [0.717, 1.165) is 19.3 Å². The highest BCUT2D eigenvalue weighted by Crippen LogP contribution is 2.35. The van der Waals surface area contributed by atoms with Gasteiger partial charge in [-0.05, 0) is 19.1 Å². The van der Waals surface area contributed by atoms with E-state index in [1.807, 2.05) is 0 Å². The quantitative estimate of drug-likeness (QED) is 0.654. The Morgan fingerprint density at radius 3 is 2.95 bits per heavy atom. The van der Waals surface area contributed by atoms with Gasteiger partial charge in [0.15, 0.2) is 0 Å². The van der Waals surface area contributed by atoms with Crippen LogP contribution in [0.5, 0.6) is 5.88 Å². The van der Waals surface area contributed by atoms with Crippen molar-refractivity contribution in [3.8, 4) is 5.88 Å². The van der Waals surface area contributed by atoms with Gasteiger partial charge in [0.1, 0.15) is 6.33 Å². The van der Waals surface area contributed by atoms with Gasteiger partial charge in [-0.3, -0.25) is 10.1 Å². The van der Waals surface area contributed by atoms with Crippen LogP contribution in [0.15, 0.2) is 6.33 Å². The molecule has 1 fully saturated rings. The number of hydrogen-bond donors (Lipinski definition) is 1. The summed E-state index contributed by atoms with van der Waals surface area (Å²) in [6.07, 6.45) is 6.57. The van der Waals surface area contributed by atoms with E-state index in [9.17, 15) is 10.1 Å². The maximum atomic E-state index is 11.1. The van der Waals surface area contributed by atoms with Gasteiger partial charge in [0, 0.05) is 11.3 Å². The summed E-state index contributed by atoms with van der Waals surface area (Å²) in [5, 5.41) is 14.8. The maximum absolute atomic E-state index is 11.1. The molecule has 2 atom stereocenters. The number of nitro groups is 1. The summed E-state index contributed by atoms with van der Waals surface area (Å²) in [6, 6.07) is 0.202. The predicted molar refractivity (Wildman–Crippen MR) is 73.8 cm³/mol. The van der Waals surface area contributed by atoms with Crippen molar-refractivity contribution in [2.45, 2.75) is 30.6 Å². The first kappa shape index (κ1) is 13.9. The fraction of sp³-hybridized carbons (Fsp3) is 0.636. The zero-order valence-electron chi connectivity index (χ0n) is 10.8. The number of nitrogens with zero attached hydrogens (tertiary/aromatic N) is 3. The van der Waals surface area contributed by atoms with Crippen molar-refractivity contribution in [2.24, 2.45) is 0 Å². The third-order valence-corrected chi connectivity index (χ3v) is 4.41. The van der Waals surface area contributed by atoms with Crippen LogP contribution in [0.25, 0.3) is 0 Å². The second-order valence-corrected chi connectivity index (χ2v) is 5.37. The summed E-state index contributed by atoms with van der Waals surface area (Å²) >= 11 is 1.78. The van der Waals surface area contributed by atoms with Crippen molar-refractivity contribution in [2.75, 3.05) is 18.7 Å². The Hall–Kier alpha value is -1.57. The van der Waals surface area contributed by atoms with Gasteiger partial charge in [0.2, 0.25) is 5.82 Å². The Kier molecular flexibility index (Phi) is 4.41. The van der Waals surface area contributed by atoms with Gasteiger partial charge < -0.3 is 10.1 Å². The average Bonchev–Trinajstić information content (AvgIpc) is 2.85. The average molecular weight is 284 g/mol. The molecule has 104 valence electrons. The van der Waals surface area contributed by atoms with E-state index in [1.165, 1.54) is 13.4 Å². The molecule has 0 radical (unpaired) electrons. The molecule has 1 N–H and O–H groups in total. The molecule has 0 bridgehead atoms. The van der Waals surface area contributed by atoms with Gasteiger partial charge >= 0.3 is 5.69 Å². The first-order chi connectivity index (χ1) is 9.17. The van der Waals surface area contributed by atoms with Crippen LogP contribution in [0.2, 0.25) is 0 Å². The van der Waals surface area contributed by atoms with E-state index >= 15 is 0 Å². The number of thioether (sulfide) groups is 1. The molecule has 1 heterocycles. The predicted octanol–water partition coefficient (Wildman–Crippen LogP) is 2.09. The molecular weight excluding hydrogens is 268 g/mol. The summed E-state index contributed by atoms with van der Waals surface area (Å²) < 4.78 is 4.93. The Labute approximate surface area is 115 Å². The molecule has 2 unspecified atom stereocenters. The van der Waals surface area contributed by atoms with Crippen LogP contribution in [0.4, 0.5) is 11.5 Å². The lowest BCUT2D eigenvalue weighted by atomic mass is 10.2. The molecule has 1 saturated carbocycles. The van der Waals surface area contributed by atoms with Crippen LogP contribution < -0.4 is 10.1 Å². The van der Waals surface area contributed by atoms with E-state index in [4.69, 9.17) is 4.74 Å². The zero-order chi connectivity index (χ0) is 13.8. The van der Waals surface area contributed by atoms with Gasteiger partial charge in [0.25, 0.3) is 5.88 Å². The van der Waals surface area contributed by atoms with Crippen LogP contribution in [-0.4, -0.2) is 39.5 Å². The molecule has 7 nitrogen and oxygen atoms in total. The number of hydrogen-bond acceptors (Lipinski definition) is 7. The van der Waals surface area contributed by atoms with Crippen molar-refractivity contribution in [1.29, 1.82) is 0 Å². The van der Waals surface area contributed by atoms with Gasteiger partial charge in [0.05, 0.1) is 12.0 Å². The topological polar surface area (TPSA) is 90.2 Å². The first-order valence-corrected chi connectivity index (χ1v) is 7.29. The molecule has 19 heavy (non-hydrogen) atoms. The molecule has 0 amide bonds. The number of anilines is 1. The summed E-state index contributed by atoms with van der Waals surface area (Å²) in [7, 11) is 1.36. The normalized spacial score (nSPS) is 22.2. The minimum atomic E-state index is -0.510. The molecule has 0 aromatic carbocycles. The fourth-order valence-corrected chi connectivity index (χ4v) is 3.27. The van der Waals surface area contributed by atoms with E-state index in [1.54, 1.807) is 11.8 Å². The number of rotatable bonds is 5. The monoisotopic (exact) mass is 284 g/mol. The molecule has 0 saturated heterocycles. The van der Waals surface area contributed by atoms with Crippen molar-refractivity contribution in [3.05, 3.63) is 16.4 Å². The lowest BCUT2D eigenvalue weighted by molar-refractivity contribution is -0.385. The Morgan fingerprint density at radius 2 is 2.32 bits per heavy atom. The fourth-order valence-electron chi connectivity index (χ4n) is 2.33. The largest absolute Gasteiger partial charge is 0.476 e. The molecular formula is C11H16N4O3S. The molecule has 0 spiro atoms. The number of aromatic nitrogens is 2. The lowest BCUT2D eigenvalue weighted by Crippen LogP contribution is -2.26. The third kappa shape index (κ3) is 2.89. The Bertz CT molecular complexity index is 471. The highest BCUT2D eigenvalue weighted by molar-refractivity contribution is 7.99. The lowest BCUT2D eigenvalue weighted by Gasteiger charge is -2.19. The van der Waals surface area contributed by atoms with E-state index < -0.39 is 4.92 Å². The van der Waals surface area contributed by atoms with Gasteiger partial charge in [-0.1, -0.05) is 6.42 Å². The van der Waals surface area contributed by atoms with Crippen molar-refractivity contribution >= 4 is 23.3 Å². The van der Waals surface area contributed by atoms with Gasteiger partial charge in [-0.15, -0.1) is 0 Å². The molecule has 8 heteroatoms. The number of methoxy groups -OCH3 is 1.